The van der Waals surface area contributed by atoms with Gasteiger partial charge in [0.1, 0.15) is 48.8 Å². The van der Waals surface area contributed by atoms with Crippen molar-refractivity contribution in [1.29, 1.82) is 0 Å². The van der Waals surface area contributed by atoms with E-state index in [0.29, 0.717) is 12.8 Å². The number of allylic oxidation sites excluding steroid dienone is 11. The van der Waals surface area contributed by atoms with Gasteiger partial charge in [-0.3, -0.25) is 4.79 Å². The number of carbonyl (C=O) groups is 1. The number of nitrogens with one attached hydrogen (secondary N) is 1. The number of amides is 1. The Morgan fingerprint density at radius 3 is 1.33 bits per heavy atom. The molecule has 0 aromatic heterocycles. The quantitative estimate of drug-likeness (QED) is 0.0204. The maximum atomic E-state index is 13.3. The molecule has 0 radical (unpaired) electrons. The SMILES string of the molecule is CCCCCCC/C=C\C/C=C\C/C=C\CCCCCCCCCCCCCCC(=O)NC(COC1OC(CO)C(OC2OC(CO)C(O)C(O)C2O)C(O)C1O)C(O)/C=C/CC/C=C/CC/C=C/CCCCCCCCCC. The fourth-order valence-corrected chi connectivity index (χ4v) is 9.98. The van der Waals surface area contributed by atoms with E-state index >= 15 is 0 Å². The number of rotatable bonds is 50. The third-order valence-electron chi connectivity index (χ3n) is 15.1. The topological polar surface area (TPSA) is 228 Å². The van der Waals surface area contributed by atoms with E-state index in [1.54, 1.807) is 6.08 Å². The Kier molecular flexibility index (Phi) is 45.9. The molecule has 458 valence electrons. The first-order valence-electron chi connectivity index (χ1n) is 31.7. The summed E-state index contributed by atoms with van der Waals surface area (Å²) in [5.74, 6) is -0.257. The van der Waals surface area contributed by atoms with E-state index < -0.39 is 86.8 Å². The second-order valence-corrected chi connectivity index (χ2v) is 22.2. The summed E-state index contributed by atoms with van der Waals surface area (Å²) in [6.45, 7) is 2.76. The lowest BCUT2D eigenvalue weighted by atomic mass is 9.97. The van der Waals surface area contributed by atoms with Crippen molar-refractivity contribution < 1.29 is 64.6 Å². The van der Waals surface area contributed by atoms with E-state index in [1.165, 1.54) is 141 Å². The molecule has 79 heavy (non-hydrogen) atoms. The van der Waals surface area contributed by atoms with Crippen molar-refractivity contribution in [2.24, 2.45) is 0 Å². The van der Waals surface area contributed by atoms with E-state index in [1.807, 2.05) is 6.08 Å². The monoisotopic (exact) mass is 1120 g/mol. The van der Waals surface area contributed by atoms with Crippen LogP contribution in [0.3, 0.4) is 0 Å². The van der Waals surface area contributed by atoms with Crippen molar-refractivity contribution in [1.82, 2.24) is 5.32 Å². The first-order valence-corrected chi connectivity index (χ1v) is 31.7. The van der Waals surface area contributed by atoms with E-state index in [0.717, 1.165) is 64.2 Å². The summed E-state index contributed by atoms with van der Waals surface area (Å²) in [5, 5.41) is 87.2. The van der Waals surface area contributed by atoms with E-state index in [4.69, 9.17) is 18.9 Å². The van der Waals surface area contributed by atoms with Crippen LogP contribution >= 0.6 is 0 Å². The minimum Gasteiger partial charge on any atom is -0.394 e. The van der Waals surface area contributed by atoms with Crippen LogP contribution in [0.25, 0.3) is 0 Å². The predicted octanol–water partition coefficient (Wildman–Crippen LogP) is 11.5. The van der Waals surface area contributed by atoms with Crippen LogP contribution in [0.15, 0.2) is 72.9 Å². The molecule has 2 saturated heterocycles. The van der Waals surface area contributed by atoms with Gasteiger partial charge in [-0.05, 0) is 83.5 Å². The van der Waals surface area contributed by atoms with E-state index in [2.05, 4.69) is 79.9 Å². The van der Waals surface area contributed by atoms with Crippen molar-refractivity contribution in [3.05, 3.63) is 72.9 Å². The van der Waals surface area contributed by atoms with Crippen molar-refractivity contribution in [2.45, 2.75) is 312 Å². The number of aliphatic hydroxyl groups is 8. The van der Waals surface area contributed by atoms with Gasteiger partial charge in [-0.2, -0.15) is 0 Å². The smallest absolute Gasteiger partial charge is 0.220 e. The number of hydrogen-bond donors (Lipinski definition) is 9. The predicted molar refractivity (Wildman–Crippen MR) is 318 cm³/mol. The van der Waals surface area contributed by atoms with Gasteiger partial charge in [-0.1, -0.05) is 222 Å². The van der Waals surface area contributed by atoms with Crippen LogP contribution in [0, 0.1) is 0 Å². The zero-order valence-corrected chi connectivity index (χ0v) is 49.3. The van der Waals surface area contributed by atoms with Crippen molar-refractivity contribution in [3.63, 3.8) is 0 Å². The van der Waals surface area contributed by atoms with Gasteiger partial charge in [0, 0.05) is 6.42 Å². The fourth-order valence-electron chi connectivity index (χ4n) is 9.98. The molecule has 12 unspecified atom stereocenters. The molecule has 1 amide bonds. The molecular weight excluding hydrogens is 1000 g/mol. The summed E-state index contributed by atoms with van der Waals surface area (Å²) >= 11 is 0. The largest absolute Gasteiger partial charge is 0.394 e. The van der Waals surface area contributed by atoms with Crippen LogP contribution in [0.2, 0.25) is 0 Å². The Labute approximate surface area is 478 Å². The minimum atomic E-state index is -1.80. The maximum Gasteiger partial charge on any atom is 0.220 e. The van der Waals surface area contributed by atoms with Gasteiger partial charge >= 0.3 is 0 Å². The minimum absolute atomic E-state index is 0.257. The molecule has 0 spiro atoms. The van der Waals surface area contributed by atoms with Crippen LogP contribution in [-0.4, -0.2) is 140 Å². The van der Waals surface area contributed by atoms with Crippen molar-refractivity contribution >= 4 is 5.91 Å². The summed E-state index contributed by atoms with van der Waals surface area (Å²) < 4.78 is 22.8. The molecule has 14 nitrogen and oxygen atoms in total. The number of hydrogen-bond acceptors (Lipinski definition) is 13. The molecular formula is C65H115NO13. The van der Waals surface area contributed by atoms with Gasteiger partial charge < -0.3 is 65.1 Å². The van der Waals surface area contributed by atoms with Gasteiger partial charge in [0.2, 0.25) is 5.91 Å². The molecule has 0 aromatic rings. The second kappa shape index (κ2) is 50.0. The van der Waals surface area contributed by atoms with E-state index in [-0.39, 0.29) is 18.9 Å². The molecule has 0 aliphatic carbocycles. The highest BCUT2D eigenvalue weighted by atomic mass is 16.7. The van der Waals surface area contributed by atoms with Gasteiger partial charge in [0.25, 0.3) is 0 Å². The van der Waals surface area contributed by atoms with Crippen LogP contribution in [0.4, 0.5) is 0 Å². The number of aliphatic hydroxyl groups excluding tert-OH is 8. The number of ether oxygens (including phenoxy) is 4. The average Bonchev–Trinajstić information content (AvgIpc) is 3.46. The molecule has 0 saturated carbocycles. The molecule has 2 aliphatic rings. The first-order chi connectivity index (χ1) is 38.6. The molecule has 2 aliphatic heterocycles. The highest BCUT2D eigenvalue weighted by Crippen LogP contribution is 2.30. The standard InChI is InChI=1S/C65H115NO13/c1-3-5-7-9-11-13-15-17-19-21-23-24-25-26-27-28-29-30-31-33-35-37-39-41-43-45-47-49-57(70)66-53(54(69)48-46-44-42-40-38-36-34-32-22-20-18-16-14-12-10-8-6-4-2)52-76-64-62(75)60(73)63(56(51-68)78-64)79-65-61(74)59(72)58(71)55(50-67)77-65/h15,17,21-23,25-26,32,38,40,46,48,53-56,58-65,67-69,71-75H,3-14,16,18-20,24,27-31,33-37,39,41-45,47,49-52H2,1-2H3,(H,66,70)/b17-15-,23-21-,26-25-,32-22+,40-38+,48-46+. The molecule has 0 aromatic carbocycles. The molecule has 9 N–H and O–H groups in total. The van der Waals surface area contributed by atoms with Crippen molar-refractivity contribution in [2.75, 3.05) is 19.8 Å². The summed E-state index contributed by atoms with van der Waals surface area (Å²) in [6, 6.07) is -0.942. The van der Waals surface area contributed by atoms with Gasteiger partial charge in [-0.15, -0.1) is 0 Å². The average molecular weight is 1120 g/mol. The molecule has 14 heteroatoms. The highest BCUT2D eigenvalue weighted by molar-refractivity contribution is 5.76. The summed E-state index contributed by atoms with van der Waals surface area (Å²) in [4.78, 5) is 13.3. The molecule has 2 fully saturated rings. The number of carbonyl (C=O) groups excluding carboxylic acids is 1. The summed E-state index contributed by atoms with van der Waals surface area (Å²) in [5.41, 5.74) is 0. The van der Waals surface area contributed by atoms with Crippen LogP contribution in [-0.2, 0) is 23.7 Å². The van der Waals surface area contributed by atoms with Gasteiger partial charge in [-0.25, -0.2) is 0 Å². The fraction of sp³-hybridized carbons (Fsp3) is 0.800. The Morgan fingerprint density at radius 1 is 0.456 bits per heavy atom. The summed E-state index contributed by atoms with van der Waals surface area (Å²) in [7, 11) is 0. The Balaban J connectivity index is 1.74. The third-order valence-corrected chi connectivity index (χ3v) is 15.1. The van der Waals surface area contributed by atoms with Crippen LogP contribution in [0.5, 0.6) is 0 Å². The van der Waals surface area contributed by atoms with Gasteiger partial charge in [0.05, 0.1) is 32.0 Å². The van der Waals surface area contributed by atoms with Gasteiger partial charge in [0.15, 0.2) is 12.6 Å². The molecule has 2 rings (SSSR count). The molecule has 12 atom stereocenters. The zero-order chi connectivity index (χ0) is 57.4. The Morgan fingerprint density at radius 2 is 0.848 bits per heavy atom. The molecule has 0 bridgehead atoms. The third kappa shape index (κ3) is 35.2. The van der Waals surface area contributed by atoms with Crippen LogP contribution < -0.4 is 5.32 Å². The lowest BCUT2D eigenvalue weighted by Gasteiger charge is -2.46. The lowest BCUT2D eigenvalue weighted by Crippen LogP contribution is -2.65. The first kappa shape index (κ1) is 72.5. The Bertz CT molecular complexity index is 1600. The van der Waals surface area contributed by atoms with Crippen molar-refractivity contribution in [3.8, 4) is 0 Å². The van der Waals surface area contributed by atoms with E-state index in [9.17, 15) is 45.6 Å². The van der Waals surface area contributed by atoms with Crippen LogP contribution in [0.1, 0.15) is 239 Å². The second-order valence-electron chi connectivity index (χ2n) is 22.2. The molecule has 2 heterocycles. The highest BCUT2D eigenvalue weighted by Gasteiger charge is 2.51. The maximum absolute atomic E-state index is 13.3. The Hall–Kier alpha value is -2.57. The number of unbranched alkanes of at least 4 members (excludes halogenated alkanes) is 27. The normalized spacial score (nSPS) is 24.9. The zero-order valence-electron chi connectivity index (χ0n) is 49.3. The lowest BCUT2D eigenvalue weighted by molar-refractivity contribution is -0.359. The summed E-state index contributed by atoms with van der Waals surface area (Å²) in [6.07, 6.45) is 49.4.